The normalized spacial score (nSPS) is 17.2. The third-order valence-corrected chi connectivity index (χ3v) is 3.86. The lowest BCUT2D eigenvalue weighted by molar-refractivity contribution is -0.117. The Balaban J connectivity index is 1.99. The summed E-state index contributed by atoms with van der Waals surface area (Å²) in [6.07, 6.45) is 3.79. The number of halogens is 1. The molecule has 1 aliphatic rings. The number of primary amides is 1. The number of hydrogen-bond acceptors (Lipinski definition) is 3. The number of nitrogens with two attached hydrogens (primary N) is 1. The predicted molar refractivity (Wildman–Crippen MR) is 73.6 cm³/mol. The maximum atomic E-state index is 12.5. The molecule has 1 unspecified atom stereocenters. The van der Waals surface area contributed by atoms with Gasteiger partial charge >= 0.3 is 0 Å². The van der Waals surface area contributed by atoms with Gasteiger partial charge in [-0.15, -0.1) is 0 Å². The fraction of sp³-hybridized carbons (Fsp3) is 0.214. The molecule has 0 radical (unpaired) electrons. The van der Waals surface area contributed by atoms with Crippen molar-refractivity contribution < 1.29 is 9.59 Å². The van der Waals surface area contributed by atoms with Crippen LogP contribution in [-0.4, -0.2) is 21.2 Å². The van der Waals surface area contributed by atoms with Crippen molar-refractivity contribution in [2.75, 3.05) is 0 Å². The predicted octanol–water partition coefficient (Wildman–Crippen LogP) is 1.54. The van der Waals surface area contributed by atoms with Gasteiger partial charge in [-0.05, 0) is 11.6 Å². The van der Waals surface area contributed by atoms with Crippen molar-refractivity contribution in [3.8, 4) is 0 Å². The zero-order valence-corrected chi connectivity index (χ0v) is 11.3. The highest BCUT2D eigenvalue weighted by molar-refractivity contribution is 6.32. The van der Waals surface area contributed by atoms with Crippen LogP contribution in [0.15, 0.2) is 30.6 Å². The zero-order valence-electron chi connectivity index (χ0n) is 10.5. The lowest BCUT2D eigenvalue weighted by Crippen LogP contribution is -2.22. The summed E-state index contributed by atoms with van der Waals surface area (Å²) in [7, 11) is 0. The van der Waals surface area contributed by atoms with Gasteiger partial charge in [0, 0.05) is 29.4 Å². The number of rotatable bonds is 3. The monoisotopic (exact) mass is 289 g/mol. The van der Waals surface area contributed by atoms with Crippen LogP contribution in [0.3, 0.4) is 0 Å². The molecule has 20 heavy (non-hydrogen) atoms. The molecule has 5 nitrogen and oxygen atoms in total. The average molecular weight is 290 g/mol. The number of Topliss-reactive ketones (excluding diaryl/α,β-unsaturated/α-hetero) is 1. The van der Waals surface area contributed by atoms with Crippen molar-refractivity contribution in [3.63, 3.8) is 0 Å². The van der Waals surface area contributed by atoms with E-state index in [9.17, 15) is 9.59 Å². The summed E-state index contributed by atoms with van der Waals surface area (Å²) >= 11 is 6.13. The molecule has 2 aromatic rings. The number of imidazole rings is 1. The van der Waals surface area contributed by atoms with Crippen LogP contribution in [-0.2, 0) is 17.6 Å². The van der Waals surface area contributed by atoms with Gasteiger partial charge in [-0.25, -0.2) is 4.98 Å². The Kier molecular flexibility index (Phi) is 3.06. The molecule has 0 spiro atoms. The Labute approximate surface area is 120 Å². The minimum atomic E-state index is -0.474. The van der Waals surface area contributed by atoms with Gasteiger partial charge in [0.1, 0.15) is 11.9 Å². The minimum absolute atomic E-state index is 0.00813. The first-order valence-corrected chi connectivity index (χ1v) is 6.57. The molecule has 1 aromatic heterocycles. The topological polar surface area (TPSA) is 78.0 Å². The molecule has 6 heteroatoms. The van der Waals surface area contributed by atoms with Crippen LogP contribution >= 0.6 is 11.6 Å². The van der Waals surface area contributed by atoms with E-state index in [4.69, 9.17) is 17.3 Å². The molecule has 1 atom stereocenters. The van der Waals surface area contributed by atoms with Gasteiger partial charge in [-0.3, -0.25) is 9.59 Å². The quantitative estimate of drug-likeness (QED) is 0.931. The van der Waals surface area contributed by atoms with Crippen molar-refractivity contribution in [1.29, 1.82) is 0 Å². The van der Waals surface area contributed by atoms with E-state index in [1.54, 1.807) is 35.2 Å². The molecular formula is C14H12ClN3O2. The first-order chi connectivity index (χ1) is 9.58. The smallest absolute Gasteiger partial charge is 0.225 e. The molecule has 0 saturated heterocycles. The number of aromatic nitrogens is 2. The van der Waals surface area contributed by atoms with Crippen LogP contribution < -0.4 is 5.73 Å². The lowest BCUT2D eigenvalue weighted by Gasteiger charge is -2.13. The van der Waals surface area contributed by atoms with Crippen molar-refractivity contribution in [3.05, 3.63) is 52.6 Å². The standard InChI is InChI=1S/C14H12ClN3O2/c15-10-3-1-2-8-9(10)6-11(14(8)20)18-5-4-17-13(18)7-12(16)19/h1-5,11H,6-7H2,(H2,16,19). The van der Waals surface area contributed by atoms with Crippen molar-refractivity contribution in [2.45, 2.75) is 18.9 Å². The second kappa shape index (κ2) is 4.76. The van der Waals surface area contributed by atoms with E-state index in [1.807, 2.05) is 0 Å². The number of fused-ring (bicyclic) bond motifs is 1. The van der Waals surface area contributed by atoms with Gasteiger partial charge in [0.2, 0.25) is 5.91 Å². The summed E-state index contributed by atoms with van der Waals surface area (Å²) in [6, 6.07) is 4.91. The summed E-state index contributed by atoms with van der Waals surface area (Å²) in [6.45, 7) is 0. The fourth-order valence-corrected chi connectivity index (χ4v) is 2.86. The second-order valence-corrected chi connectivity index (χ2v) is 5.15. The summed E-state index contributed by atoms with van der Waals surface area (Å²) in [5.41, 5.74) is 6.69. The zero-order chi connectivity index (χ0) is 14.3. The lowest BCUT2D eigenvalue weighted by atomic mass is 10.1. The molecule has 1 amide bonds. The van der Waals surface area contributed by atoms with Gasteiger partial charge in [0.05, 0.1) is 6.42 Å². The third kappa shape index (κ3) is 2.00. The van der Waals surface area contributed by atoms with Gasteiger partial charge < -0.3 is 10.3 Å². The summed E-state index contributed by atoms with van der Waals surface area (Å²) in [5.74, 6) is 0.0180. The molecule has 2 N–H and O–H groups in total. The van der Waals surface area contributed by atoms with Crippen molar-refractivity contribution in [2.24, 2.45) is 5.73 Å². The van der Waals surface area contributed by atoms with Crippen LogP contribution in [0.1, 0.15) is 27.8 Å². The number of hydrogen-bond donors (Lipinski definition) is 1. The summed E-state index contributed by atoms with van der Waals surface area (Å²) < 4.78 is 1.71. The Hall–Kier alpha value is -2.14. The number of carbonyl (C=O) groups is 2. The van der Waals surface area contributed by atoms with Crippen LogP contribution in [0.5, 0.6) is 0 Å². The summed E-state index contributed by atoms with van der Waals surface area (Å²) in [5, 5.41) is 0.593. The summed E-state index contributed by atoms with van der Waals surface area (Å²) in [4.78, 5) is 27.6. The molecule has 1 heterocycles. The Morgan fingerprint density at radius 1 is 1.50 bits per heavy atom. The van der Waals surface area contributed by atoms with Crippen LogP contribution in [0.2, 0.25) is 5.02 Å². The molecule has 0 bridgehead atoms. The van der Waals surface area contributed by atoms with Crippen LogP contribution in [0, 0.1) is 0 Å². The number of ketones is 1. The minimum Gasteiger partial charge on any atom is -0.369 e. The Morgan fingerprint density at radius 3 is 3.00 bits per heavy atom. The molecule has 0 aliphatic heterocycles. The highest BCUT2D eigenvalue weighted by atomic mass is 35.5. The highest BCUT2D eigenvalue weighted by Crippen LogP contribution is 2.35. The largest absolute Gasteiger partial charge is 0.369 e. The van der Waals surface area contributed by atoms with E-state index >= 15 is 0 Å². The van der Waals surface area contributed by atoms with E-state index in [-0.39, 0.29) is 12.2 Å². The van der Waals surface area contributed by atoms with E-state index in [2.05, 4.69) is 4.98 Å². The molecule has 0 saturated carbocycles. The average Bonchev–Trinajstić information content (AvgIpc) is 2.95. The van der Waals surface area contributed by atoms with E-state index < -0.39 is 11.9 Å². The molecule has 1 aliphatic carbocycles. The Bertz CT molecular complexity index is 708. The van der Waals surface area contributed by atoms with Gasteiger partial charge in [-0.1, -0.05) is 23.7 Å². The van der Waals surface area contributed by atoms with Crippen LogP contribution in [0.25, 0.3) is 0 Å². The van der Waals surface area contributed by atoms with Gasteiger partial charge in [-0.2, -0.15) is 0 Å². The molecule has 3 rings (SSSR count). The van der Waals surface area contributed by atoms with Crippen LogP contribution in [0.4, 0.5) is 0 Å². The van der Waals surface area contributed by atoms with E-state index in [0.717, 1.165) is 5.56 Å². The molecule has 1 aromatic carbocycles. The van der Waals surface area contributed by atoms with E-state index in [0.29, 0.717) is 22.8 Å². The number of amides is 1. The van der Waals surface area contributed by atoms with Crippen molar-refractivity contribution in [1.82, 2.24) is 9.55 Å². The Morgan fingerprint density at radius 2 is 2.30 bits per heavy atom. The highest BCUT2D eigenvalue weighted by Gasteiger charge is 2.34. The van der Waals surface area contributed by atoms with E-state index in [1.165, 1.54) is 0 Å². The number of benzene rings is 1. The second-order valence-electron chi connectivity index (χ2n) is 4.74. The first kappa shape index (κ1) is 12.9. The maximum Gasteiger partial charge on any atom is 0.225 e. The SMILES string of the molecule is NC(=O)Cc1nccn1C1Cc2c(Cl)cccc2C1=O. The number of nitrogens with zero attached hydrogens (tertiary/aromatic N) is 2. The van der Waals surface area contributed by atoms with Gasteiger partial charge in [0.15, 0.2) is 5.78 Å². The number of carbonyl (C=O) groups excluding carboxylic acids is 2. The van der Waals surface area contributed by atoms with Gasteiger partial charge in [0.25, 0.3) is 0 Å². The maximum absolute atomic E-state index is 12.5. The molecule has 0 fully saturated rings. The molecule has 102 valence electrons. The first-order valence-electron chi connectivity index (χ1n) is 6.19. The third-order valence-electron chi connectivity index (χ3n) is 3.50. The van der Waals surface area contributed by atoms with Crippen molar-refractivity contribution >= 4 is 23.3 Å². The molecular weight excluding hydrogens is 278 g/mol. The fourth-order valence-electron chi connectivity index (χ4n) is 2.61.